The summed E-state index contributed by atoms with van der Waals surface area (Å²) in [7, 11) is 0. The molecule has 3 nitrogen and oxygen atoms in total. The van der Waals surface area contributed by atoms with Gasteiger partial charge in [0.15, 0.2) is 0 Å². The van der Waals surface area contributed by atoms with Crippen molar-refractivity contribution in [3.8, 4) is 9.75 Å². The van der Waals surface area contributed by atoms with Crippen LogP contribution >= 0.6 is 22.7 Å². The number of aromatic nitrogens is 1. The largest absolute Gasteiger partial charge is 0.461 e. The zero-order valence-electron chi connectivity index (χ0n) is 8.10. The van der Waals surface area contributed by atoms with E-state index in [-0.39, 0.29) is 5.97 Å². The van der Waals surface area contributed by atoms with Crippen molar-refractivity contribution in [2.24, 2.45) is 0 Å². The first-order chi connectivity index (χ1) is 7.31. The molecule has 0 fully saturated rings. The Morgan fingerprint density at radius 2 is 2.40 bits per heavy atom. The van der Waals surface area contributed by atoms with Gasteiger partial charge in [0.2, 0.25) is 5.01 Å². The number of nitrogens with zero attached hydrogens (tertiary/aromatic N) is 1. The molecule has 0 unspecified atom stereocenters. The number of rotatable bonds is 3. The SMILES string of the molecule is CCOC(=O)c1ncc(-c2cccs2)s1. The van der Waals surface area contributed by atoms with Crippen molar-refractivity contribution in [2.45, 2.75) is 6.92 Å². The highest BCUT2D eigenvalue weighted by Crippen LogP contribution is 2.29. The number of carbonyl (C=O) groups excluding carboxylic acids is 1. The molecular weight excluding hydrogens is 230 g/mol. The number of hydrogen-bond acceptors (Lipinski definition) is 5. The molecule has 5 heteroatoms. The summed E-state index contributed by atoms with van der Waals surface area (Å²) in [6.07, 6.45) is 1.71. The van der Waals surface area contributed by atoms with Crippen LogP contribution in [-0.2, 0) is 4.74 Å². The molecule has 2 aromatic rings. The average Bonchev–Trinajstić information content (AvgIpc) is 2.89. The minimum absolute atomic E-state index is 0.342. The van der Waals surface area contributed by atoms with Crippen molar-refractivity contribution in [2.75, 3.05) is 6.61 Å². The Balaban J connectivity index is 2.21. The van der Waals surface area contributed by atoms with Gasteiger partial charge in [0.1, 0.15) is 0 Å². The lowest BCUT2D eigenvalue weighted by atomic mass is 10.4. The lowest BCUT2D eigenvalue weighted by Crippen LogP contribution is -2.03. The number of esters is 1. The van der Waals surface area contributed by atoms with Crippen LogP contribution in [0.25, 0.3) is 9.75 Å². The molecular formula is C10H9NO2S2. The second-order valence-electron chi connectivity index (χ2n) is 2.73. The lowest BCUT2D eigenvalue weighted by molar-refractivity contribution is 0.0526. The van der Waals surface area contributed by atoms with Gasteiger partial charge in [-0.2, -0.15) is 0 Å². The third kappa shape index (κ3) is 2.24. The Morgan fingerprint density at radius 3 is 3.07 bits per heavy atom. The van der Waals surface area contributed by atoms with Gasteiger partial charge in [-0.15, -0.1) is 22.7 Å². The van der Waals surface area contributed by atoms with Gasteiger partial charge in [0.25, 0.3) is 0 Å². The Bertz CT molecular complexity index is 448. The number of carbonyl (C=O) groups is 1. The van der Waals surface area contributed by atoms with E-state index in [0.717, 1.165) is 9.75 Å². The third-order valence-corrected chi connectivity index (χ3v) is 3.76. The second kappa shape index (κ2) is 4.55. The predicted molar refractivity (Wildman–Crippen MR) is 61.4 cm³/mol. The van der Waals surface area contributed by atoms with Gasteiger partial charge < -0.3 is 4.74 Å². The normalized spacial score (nSPS) is 10.2. The van der Waals surface area contributed by atoms with Gasteiger partial charge in [-0.05, 0) is 18.4 Å². The van der Waals surface area contributed by atoms with Crippen LogP contribution in [0.2, 0.25) is 0 Å². The highest BCUT2D eigenvalue weighted by atomic mass is 32.1. The zero-order valence-corrected chi connectivity index (χ0v) is 9.73. The highest BCUT2D eigenvalue weighted by molar-refractivity contribution is 7.22. The van der Waals surface area contributed by atoms with Crippen molar-refractivity contribution in [3.05, 3.63) is 28.7 Å². The smallest absolute Gasteiger partial charge is 0.367 e. The maximum atomic E-state index is 11.4. The summed E-state index contributed by atoms with van der Waals surface area (Å²) in [5.74, 6) is -0.342. The van der Waals surface area contributed by atoms with E-state index in [1.165, 1.54) is 11.3 Å². The number of thiazole rings is 1. The van der Waals surface area contributed by atoms with Crippen LogP contribution in [-0.4, -0.2) is 17.6 Å². The van der Waals surface area contributed by atoms with Crippen molar-refractivity contribution < 1.29 is 9.53 Å². The fourth-order valence-electron chi connectivity index (χ4n) is 1.09. The van der Waals surface area contributed by atoms with E-state index in [1.807, 2.05) is 17.5 Å². The van der Waals surface area contributed by atoms with Gasteiger partial charge in [-0.3, -0.25) is 0 Å². The molecule has 0 aliphatic carbocycles. The minimum atomic E-state index is -0.342. The van der Waals surface area contributed by atoms with Gasteiger partial charge in [0, 0.05) is 11.1 Å². The monoisotopic (exact) mass is 239 g/mol. The lowest BCUT2D eigenvalue weighted by Gasteiger charge is -1.95. The molecule has 2 aromatic heterocycles. The van der Waals surface area contributed by atoms with E-state index in [0.29, 0.717) is 11.6 Å². The molecule has 0 bridgehead atoms. The van der Waals surface area contributed by atoms with Crippen molar-refractivity contribution >= 4 is 28.6 Å². The Kier molecular flexibility index (Phi) is 3.13. The average molecular weight is 239 g/mol. The Hall–Kier alpha value is -1.20. The minimum Gasteiger partial charge on any atom is -0.461 e. The molecule has 78 valence electrons. The molecule has 0 saturated heterocycles. The molecule has 0 aliphatic rings. The molecule has 0 radical (unpaired) electrons. The van der Waals surface area contributed by atoms with Gasteiger partial charge in [-0.25, -0.2) is 9.78 Å². The number of hydrogen-bond donors (Lipinski definition) is 0. The van der Waals surface area contributed by atoms with Gasteiger partial charge >= 0.3 is 5.97 Å². The summed E-state index contributed by atoms with van der Waals surface area (Å²) in [4.78, 5) is 17.5. The van der Waals surface area contributed by atoms with Crippen LogP contribution in [0.15, 0.2) is 23.7 Å². The molecule has 0 aliphatic heterocycles. The maximum Gasteiger partial charge on any atom is 0.367 e. The summed E-state index contributed by atoms with van der Waals surface area (Å²) in [5, 5.41) is 2.42. The summed E-state index contributed by atoms with van der Waals surface area (Å²) < 4.78 is 4.87. The van der Waals surface area contributed by atoms with E-state index in [4.69, 9.17) is 4.74 Å². The zero-order chi connectivity index (χ0) is 10.7. The molecule has 2 heterocycles. The van der Waals surface area contributed by atoms with E-state index < -0.39 is 0 Å². The standard InChI is InChI=1S/C10H9NO2S2/c1-2-13-10(12)9-11-6-8(15-9)7-4-3-5-14-7/h3-6H,2H2,1H3. The van der Waals surface area contributed by atoms with Crippen LogP contribution in [0, 0.1) is 0 Å². The number of thiophene rings is 1. The fraction of sp³-hybridized carbons (Fsp3) is 0.200. The third-order valence-electron chi connectivity index (χ3n) is 1.72. The van der Waals surface area contributed by atoms with Crippen LogP contribution in [0.3, 0.4) is 0 Å². The van der Waals surface area contributed by atoms with Crippen LogP contribution in [0.5, 0.6) is 0 Å². The summed E-state index contributed by atoms with van der Waals surface area (Å²) >= 11 is 3.00. The fourth-order valence-corrected chi connectivity index (χ4v) is 2.72. The molecule has 2 rings (SSSR count). The van der Waals surface area contributed by atoms with Gasteiger partial charge in [-0.1, -0.05) is 6.07 Å². The van der Waals surface area contributed by atoms with E-state index in [2.05, 4.69) is 4.98 Å². The Labute approximate surface area is 95.4 Å². The summed E-state index contributed by atoms with van der Waals surface area (Å²) in [5.41, 5.74) is 0. The molecule has 15 heavy (non-hydrogen) atoms. The van der Waals surface area contributed by atoms with Crippen LogP contribution in [0.4, 0.5) is 0 Å². The van der Waals surface area contributed by atoms with Crippen LogP contribution < -0.4 is 0 Å². The van der Waals surface area contributed by atoms with Crippen molar-refractivity contribution in [1.82, 2.24) is 4.98 Å². The van der Waals surface area contributed by atoms with E-state index >= 15 is 0 Å². The van der Waals surface area contributed by atoms with Crippen molar-refractivity contribution in [3.63, 3.8) is 0 Å². The van der Waals surface area contributed by atoms with E-state index in [1.54, 1.807) is 24.5 Å². The first kappa shape index (κ1) is 10.3. The number of ether oxygens (including phenoxy) is 1. The molecule has 0 spiro atoms. The molecule has 0 saturated carbocycles. The molecule has 0 aromatic carbocycles. The summed E-state index contributed by atoms with van der Waals surface area (Å²) in [6, 6.07) is 3.98. The van der Waals surface area contributed by atoms with Crippen molar-refractivity contribution in [1.29, 1.82) is 0 Å². The Morgan fingerprint density at radius 1 is 1.53 bits per heavy atom. The predicted octanol–water partition coefficient (Wildman–Crippen LogP) is 3.05. The second-order valence-corrected chi connectivity index (χ2v) is 4.71. The van der Waals surface area contributed by atoms with Crippen LogP contribution in [0.1, 0.15) is 16.7 Å². The first-order valence-electron chi connectivity index (χ1n) is 4.48. The highest BCUT2D eigenvalue weighted by Gasteiger charge is 2.12. The molecule has 0 atom stereocenters. The quantitative estimate of drug-likeness (QED) is 0.773. The topological polar surface area (TPSA) is 39.2 Å². The van der Waals surface area contributed by atoms with E-state index in [9.17, 15) is 4.79 Å². The molecule has 0 amide bonds. The van der Waals surface area contributed by atoms with Gasteiger partial charge in [0.05, 0.1) is 11.5 Å². The first-order valence-corrected chi connectivity index (χ1v) is 6.17. The summed E-state index contributed by atoms with van der Waals surface area (Å²) in [6.45, 7) is 2.17. The maximum absolute atomic E-state index is 11.4. The molecule has 0 N–H and O–H groups in total.